The first kappa shape index (κ1) is 18.5. The van der Waals surface area contributed by atoms with Gasteiger partial charge in [0.2, 0.25) is 0 Å². The molecule has 0 bridgehead atoms. The number of nitrogens with zero attached hydrogens (tertiary/aromatic N) is 3. The Hall–Kier alpha value is -0.580. The number of nitrogens with one attached hydrogen (secondary N) is 1. The molecule has 1 aromatic rings. The van der Waals surface area contributed by atoms with Gasteiger partial charge in [0.05, 0.1) is 16.4 Å². The van der Waals surface area contributed by atoms with Crippen molar-refractivity contribution >= 4 is 11.6 Å². The quantitative estimate of drug-likeness (QED) is 0.800. The van der Waals surface area contributed by atoms with Crippen molar-refractivity contribution < 1.29 is 0 Å². The Morgan fingerprint density at radius 3 is 2.29 bits per heavy atom. The van der Waals surface area contributed by atoms with E-state index in [2.05, 4.69) is 49.9 Å². The molecule has 1 N–H and O–H groups in total. The molecule has 122 valence electrons. The van der Waals surface area contributed by atoms with Gasteiger partial charge in [0.15, 0.2) is 0 Å². The van der Waals surface area contributed by atoms with Gasteiger partial charge in [-0.3, -0.25) is 9.58 Å². The first-order valence-corrected chi connectivity index (χ1v) is 8.35. The molecule has 0 amide bonds. The summed E-state index contributed by atoms with van der Waals surface area (Å²) >= 11 is 6.47. The topological polar surface area (TPSA) is 33.1 Å². The van der Waals surface area contributed by atoms with Gasteiger partial charge >= 0.3 is 0 Å². The second-order valence-corrected chi connectivity index (χ2v) is 6.41. The van der Waals surface area contributed by atoms with E-state index in [-0.39, 0.29) is 5.54 Å². The smallest absolute Gasteiger partial charge is 0.0847 e. The lowest BCUT2D eigenvalue weighted by Crippen LogP contribution is -2.58. The molecule has 1 heterocycles. The molecule has 5 heteroatoms. The summed E-state index contributed by atoms with van der Waals surface area (Å²) in [4.78, 5) is 2.49. The Labute approximate surface area is 134 Å². The van der Waals surface area contributed by atoms with Crippen LogP contribution in [-0.4, -0.2) is 46.4 Å². The third-order valence-corrected chi connectivity index (χ3v) is 5.12. The van der Waals surface area contributed by atoms with E-state index in [1.807, 2.05) is 18.7 Å². The zero-order valence-corrected chi connectivity index (χ0v) is 15.4. The minimum atomic E-state index is 0.0539. The van der Waals surface area contributed by atoms with Gasteiger partial charge in [-0.1, -0.05) is 25.4 Å². The van der Waals surface area contributed by atoms with Gasteiger partial charge in [0.25, 0.3) is 0 Å². The molecule has 1 rings (SSSR count). The Kier molecular flexibility index (Phi) is 6.70. The number of hydrogen-bond donors (Lipinski definition) is 1. The van der Waals surface area contributed by atoms with Crippen LogP contribution in [0.1, 0.15) is 46.0 Å². The van der Waals surface area contributed by atoms with Crippen LogP contribution in [0.25, 0.3) is 0 Å². The van der Waals surface area contributed by atoms with Crippen LogP contribution in [0.4, 0.5) is 0 Å². The Bertz CT molecular complexity index is 449. The van der Waals surface area contributed by atoms with Gasteiger partial charge in [-0.2, -0.15) is 5.10 Å². The van der Waals surface area contributed by atoms with E-state index >= 15 is 0 Å². The minimum absolute atomic E-state index is 0.0539. The largest absolute Gasteiger partial charge is 0.315 e. The first-order chi connectivity index (χ1) is 9.83. The highest BCUT2D eigenvalue weighted by Gasteiger charge is 2.34. The highest BCUT2D eigenvalue weighted by molar-refractivity contribution is 6.31. The molecule has 0 aliphatic carbocycles. The summed E-state index contributed by atoms with van der Waals surface area (Å²) < 4.78 is 2.03. The predicted molar refractivity (Wildman–Crippen MR) is 91.2 cm³/mol. The summed E-state index contributed by atoms with van der Waals surface area (Å²) in [5.74, 6) is 0. The summed E-state index contributed by atoms with van der Waals surface area (Å²) in [5.41, 5.74) is 2.11. The monoisotopic (exact) mass is 314 g/mol. The fourth-order valence-electron chi connectivity index (χ4n) is 3.22. The van der Waals surface area contributed by atoms with E-state index in [0.717, 1.165) is 42.5 Å². The van der Waals surface area contributed by atoms with Gasteiger partial charge in [0.1, 0.15) is 0 Å². The fourth-order valence-corrected chi connectivity index (χ4v) is 3.43. The lowest BCUT2D eigenvalue weighted by molar-refractivity contribution is 0.0935. The summed E-state index contributed by atoms with van der Waals surface area (Å²) in [7, 11) is 2.03. The van der Waals surface area contributed by atoms with Crippen LogP contribution in [0.5, 0.6) is 0 Å². The molecule has 21 heavy (non-hydrogen) atoms. The molecule has 1 aromatic heterocycles. The van der Waals surface area contributed by atoms with Crippen LogP contribution >= 0.6 is 11.6 Å². The van der Waals surface area contributed by atoms with Gasteiger partial charge < -0.3 is 5.32 Å². The third-order valence-electron chi connectivity index (χ3n) is 4.63. The lowest BCUT2D eigenvalue weighted by atomic mass is 9.88. The second kappa shape index (κ2) is 7.61. The number of aromatic nitrogens is 2. The SMILES string of the molecule is CCN(CC)C(C)(C)C(Cc1c(Cl)c(C)nn1CC)NC. The second-order valence-electron chi connectivity index (χ2n) is 6.03. The van der Waals surface area contributed by atoms with Crippen LogP contribution < -0.4 is 5.32 Å². The maximum atomic E-state index is 6.47. The molecule has 0 spiro atoms. The normalized spacial score (nSPS) is 14.0. The Morgan fingerprint density at radius 2 is 1.86 bits per heavy atom. The molecule has 1 atom stereocenters. The van der Waals surface area contributed by atoms with Gasteiger partial charge in [0, 0.05) is 24.5 Å². The lowest BCUT2D eigenvalue weighted by Gasteiger charge is -2.43. The van der Waals surface area contributed by atoms with E-state index < -0.39 is 0 Å². The van der Waals surface area contributed by atoms with Crippen LogP contribution in [0, 0.1) is 6.92 Å². The molecule has 1 unspecified atom stereocenters. The molecule has 0 aromatic carbocycles. The predicted octanol–water partition coefficient (Wildman–Crippen LogP) is 3.12. The molecule has 0 radical (unpaired) electrons. The molecule has 0 aliphatic heterocycles. The molecule has 0 saturated heterocycles. The van der Waals surface area contributed by atoms with Crippen molar-refractivity contribution in [3.8, 4) is 0 Å². The first-order valence-electron chi connectivity index (χ1n) is 7.97. The zero-order chi connectivity index (χ0) is 16.2. The molecule has 4 nitrogen and oxygen atoms in total. The number of rotatable bonds is 8. The van der Waals surface area contributed by atoms with E-state index in [0.29, 0.717) is 6.04 Å². The third kappa shape index (κ3) is 3.79. The van der Waals surface area contributed by atoms with Gasteiger partial charge in [-0.25, -0.2) is 0 Å². The molecular formula is C16H31ClN4. The van der Waals surface area contributed by atoms with Crippen molar-refractivity contribution in [2.75, 3.05) is 20.1 Å². The highest BCUT2D eigenvalue weighted by atomic mass is 35.5. The molecule has 0 fully saturated rings. The van der Waals surface area contributed by atoms with Crippen molar-refractivity contribution in [1.82, 2.24) is 20.0 Å². The van der Waals surface area contributed by atoms with Crippen molar-refractivity contribution in [2.24, 2.45) is 0 Å². The number of likely N-dealkylation sites (N-methyl/N-ethyl adjacent to an activating group) is 2. The van der Waals surface area contributed by atoms with Gasteiger partial charge in [-0.15, -0.1) is 0 Å². The summed E-state index contributed by atoms with van der Waals surface area (Å²) in [5, 5.41) is 8.83. The van der Waals surface area contributed by atoms with Crippen molar-refractivity contribution in [2.45, 2.75) is 66.1 Å². The van der Waals surface area contributed by atoms with Crippen LogP contribution in [0.15, 0.2) is 0 Å². The Morgan fingerprint density at radius 1 is 1.29 bits per heavy atom. The number of halogens is 1. The van der Waals surface area contributed by atoms with E-state index in [9.17, 15) is 0 Å². The summed E-state index contributed by atoms with van der Waals surface area (Å²) in [6.07, 6.45) is 0.882. The highest BCUT2D eigenvalue weighted by Crippen LogP contribution is 2.26. The average Bonchev–Trinajstić information content (AvgIpc) is 2.72. The minimum Gasteiger partial charge on any atom is -0.315 e. The van der Waals surface area contributed by atoms with Crippen molar-refractivity contribution in [3.05, 3.63) is 16.4 Å². The number of hydrogen-bond acceptors (Lipinski definition) is 3. The van der Waals surface area contributed by atoms with Crippen LogP contribution in [-0.2, 0) is 13.0 Å². The van der Waals surface area contributed by atoms with Gasteiger partial charge in [-0.05, 0) is 47.8 Å². The summed E-state index contributed by atoms with van der Waals surface area (Å²) in [6.45, 7) is 16.0. The fraction of sp³-hybridized carbons (Fsp3) is 0.812. The van der Waals surface area contributed by atoms with Crippen molar-refractivity contribution in [3.63, 3.8) is 0 Å². The standard InChI is InChI=1S/C16H31ClN4/c1-8-20(9-2)16(5,6)14(18-7)11-13-15(17)12(4)19-21(13)10-3/h14,18H,8-11H2,1-7H3. The van der Waals surface area contributed by atoms with Crippen molar-refractivity contribution in [1.29, 1.82) is 0 Å². The van der Waals surface area contributed by atoms with E-state index in [1.54, 1.807) is 0 Å². The molecule has 0 aliphatic rings. The maximum absolute atomic E-state index is 6.47. The Balaban J connectivity index is 3.07. The maximum Gasteiger partial charge on any atom is 0.0847 e. The van der Waals surface area contributed by atoms with Crippen LogP contribution in [0.3, 0.4) is 0 Å². The molecular weight excluding hydrogens is 284 g/mol. The summed E-state index contributed by atoms with van der Waals surface area (Å²) in [6, 6.07) is 0.316. The molecule has 0 saturated carbocycles. The number of aryl methyl sites for hydroxylation is 2. The van der Waals surface area contributed by atoms with E-state index in [1.165, 1.54) is 0 Å². The average molecular weight is 315 g/mol. The zero-order valence-electron chi connectivity index (χ0n) is 14.6. The van der Waals surface area contributed by atoms with Crippen LogP contribution in [0.2, 0.25) is 5.02 Å². The van der Waals surface area contributed by atoms with E-state index in [4.69, 9.17) is 11.6 Å².